The highest BCUT2D eigenvalue weighted by Crippen LogP contribution is 2.33. The van der Waals surface area contributed by atoms with E-state index < -0.39 is 23.6 Å². The van der Waals surface area contributed by atoms with Crippen molar-refractivity contribution >= 4 is 63.3 Å². The summed E-state index contributed by atoms with van der Waals surface area (Å²) in [6.45, 7) is 9.20. The van der Waals surface area contributed by atoms with Crippen molar-refractivity contribution in [3.05, 3.63) is 107 Å². The Morgan fingerprint density at radius 2 is 1.20 bits per heavy atom. The van der Waals surface area contributed by atoms with Gasteiger partial charge in [-0.1, -0.05) is 18.2 Å². The van der Waals surface area contributed by atoms with Crippen LogP contribution in [-0.2, 0) is 32.7 Å². The second-order valence-electron chi connectivity index (χ2n) is 14.5. The molecule has 0 radical (unpaired) electrons. The standard InChI is InChI=1S/C43H49N15O6/c1-7-57-32(17-25(3)52-57)40(61)50-42-48-30-19-27(38(44)59)21-34(63-6)36(30)55(42)14-9-10-15-56-37-31(49-43(56)51-41(62)33-18-26(4)53-58(33)8-2)20-28(39(45)60)22-35(37)64-16-12-11-13-54-24-29(46-5)23-47-54/h9-12,17-24,46H,7-8,13-16H2,1-6H3,(H2,44,59)(H2,45,60)(H,48,50,61)(H,49,51,62)/b10-9+,12-11+. The summed E-state index contributed by atoms with van der Waals surface area (Å²) in [5.74, 6) is -1.31. The van der Waals surface area contributed by atoms with Gasteiger partial charge in [-0.3, -0.25) is 43.9 Å². The van der Waals surface area contributed by atoms with Gasteiger partial charge in [-0.2, -0.15) is 15.3 Å². The van der Waals surface area contributed by atoms with Crippen molar-refractivity contribution < 1.29 is 28.7 Å². The topological polar surface area (TPSA) is 264 Å². The van der Waals surface area contributed by atoms with Gasteiger partial charge < -0.3 is 35.4 Å². The first-order valence-electron chi connectivity index (χ1n) is 20.4. The van der Waals surface area contributed by atoms with E-state index in [-0.39, 0.29) is 42.7 Å². The van der Waals surface area contributed by atoms with E-state index >= 15 is 0 Å². The summed E-state index contributed by atoms with van der Waals surface area (Å²) in [5.41, 5.74) is 16.3. The SMILES string of the molecule is CCn1nc(C)cc1C(=O)Nc1nc2cc(C(N)=O)cc(OC)c2n1C/C=C/Cn1c(NC(=O)c2cc(C)nn2CC)nc2cc(C(N)=O)cc(OC/C=C/Cn3cc(NC)cn3)c21. The molecule has 0 aliphatic carbocycles. The van der Waals surface area contributed by atoms with Gasteiger partial charge in [0.2, 0.25) is 23.7 Å². The lowest BCUT2D eigenvalue weighted by atomic mass is 10.1. The maximum Gasteiger partial charge on any atom is 0.276 e. The molecule has 0 bridgehead atoms. The van der Waals surface area contributed by atoms with Crippen molar-refractivity contribution in [3.63, 3.8) is 0 Å². The Balaban J connectivity index is 1.26. The normalized spacial score (nSPS) is 11.6. The van der Waals surface area contributed by atoms with Gasteiger partial charge in [-0.25, -0.2) is 9.97 Å². The number of benzene rings is 2. The molecule has 21 heteroatoms. The number of anilines is 3. The fourth-order valence-electron chi connectivity index (χ4n) is 7.17. The number of hydrogen-bond acceptors (Lipinski definition) is 12. The van der Waals surface area contributed by atoms with E-state index in [2.05, 4.69) is 31.2 Å². The zero-order chi connectivity index (χ0) is 45.7. The Hall–Kier alpha value is -8.23. The summed E-state index contributed by atoms with van der Waals surface area (Å²) in [5, 5.41) is 22.0. The predicted molar refractivity (Wildman–Crippen MR) is 240 cm³/mol. The lowest BCUT2D eigenvalue weighted by molar-refractivity contribution is 0.0991. The lowest BCUT2D eigenvalue weighted by Gasteiger charge is -2.13. The molecule has 7 N–H and O–H groups in total. The predicted octanol–water partition coefficient (Wildman–Crippen LogP) is 4.28. The molecule has 7 aromatic rings. The van der Waals surface area contributed by atoms with Gasteiger partial charge in [0.25, 0.3) is 11.8 Å². The number of imidazole rings is 2. The van der Waals surface area contributed by atoms with Crippen LogP contribution in [0.2, 0.25) is 0 Å². The molecule has 0 unspecified atom stereocenters. The van der Waals surface area contributed by atoms with E-state index in [1.165, 1.54) is 19.2 Å². The molecule has 0 spiro atoms. The number of rotatable bonds is 19. The van der Waals surface area contributed by atoms with Crippen LogP contribution in [0, 0.1) is 13.8 Å². The van der Waals surface area contributed by atoms with Crippen LogP contribution in [0.25, 0.3) is 22.1 Å². The van der Waals surface area contributed by atoms with E-state index in [9.17, 15) is 19.2 Å². The minimum absolute atomic E-state index is 0.120. The van der Waals surface area contributed by atoms with Crippen LogP contribution in [0.3, 0.4) is 0 Å². The number of allylic oxidation sites excluding steroid dienone is 3. The van der Waals surface area contributed by atoms with E-state index in [0.29, 0.717) is 76.0 Å². The highest BCUT2D eigenvalue weighted by molar-refractivity contribution is 6.05. The third kappa shape index (κ3) is 9.17. The molecule has 0 fully saturated rings. The van der Waals surface area contributed by atoms with Crippen molar-refractivity contribution in [3.8, 4) is 11.5 Å². The van der Waals surface area contributed by atoms with Crippen molar-refractivity contribution in [2.75, 3.05) is 36.7 Å². The number of amides is 4. The van der Waals surface area contributed by atoms with E-state index in [4.69, 9.17) is 30.9 Å². The summed E-state index contributed by atoms with van der Waals surface area (Å²) < 4.78 is 20.4. The Bertz CT molecular complexity index is 2960. The quantitative estimate of drug-likeness (QED) is 0.0714. The zero-order valence-electron chi connectivity index (χ0n) is 36.2. The first-order valence-corrected chi connectivity index (χ1v) is 20.4. The van der Waals surface area contributed by atoms with E-state index in [1.807, 2.05) is 51.4 Å². The molecule has 21 nitrogen and oxygen atoms in total. The molecule has 5 heterocycles. The largest absolute Gasteiger partial charge is 0.494 e. The minimum atomic E-state index is -0.688. The number of nitrogens with zero attached hydrogens (tertiary/aromatic N) is 10. The summed E-state index contributed by atoms with van der Waals surface area (Å²) in [6.07, 6.45) is 11.0. The minimum Gasteiger partial charge on any atom is -0.494 e. The Morgan fingerprint density at radius 1 is 0.703 bits per heavy atom. The van der Waals surface area contributed by atoms with Gasteiger partial charge in [0, 0.05) is 50.6 Å². The molecule has 0 saturated heterocycles. The Kier molecular flexibility index (Phi) is 12.9. The van der Waals surface area contributed by atoms with Crippen LogP contribution in [0.5, 0.6) is 11.5 Å². The lowest BCUT2D eigenvalue weighted by Crippen LogP contribution is -2.20. The molecule has 4 amide bonds. The van der Waals surface area contributed by atoms with Crippen molar-refractivity contribution in [2.24, 2.45) is 11.5 Å². The van der Waals surface area contributed by atoms with Crippen LogP contribution < -0.4 is 36.9 Å². The smallest absolute Gasteiger partial charge is 0.276 e. The second-order valence-corrected chi connectivity index (χ2v) is 14.5. The zero-order valence-corrected chi connectivity index (χ0v) is 36.2. The molecule has 2 aromatic carbocycles. The molecule has 0 saturated carbocycles. The number of primary amides is 2. The number of methoxy groups -OCH3 is 1. The maximum absolute atomic E-state index is 13.8. The molecule has 0 aliphatic heterocycles. The number of aryl methyl sites for hydroxylation is 4. The fourth-order valence-corrected chi connectivity index (χ4v) is 7.17. The van der Waals surface area contributed by atoms with Crippen LogP contribution >= 0.6 is 0 Å². The van der Waals surface area contributed by atoms with Crippen LogP contribution in [-0.4, -0.2) is 92.8 Å². The fraction of sp³-hybridized carbons (Fsp3) is 0.279. The summed E-state index contributed by atoms with van der Waals surface area (Å²) in [4.78, 5) is 61.8. The number of ether oxygens (including phenoxy) is 2. The highest BCUT2D eigenvalue weighted by atomic mass is 16.5. The summed E-state index contributed by atoms with van der Waals surface area (Å²) in [7, 11) is 3.28. The average Bonchev–Trinajstić information content (AvgIpc) is 4.11. The molecular weight excluding hydrogens is 823 g/mol. The average molecular weight is 872 g/mol. The van der Waals surface area contributed by atoms with Gasteiger partial charge in [0.05, 0.1) is 48.0 Å². The van der Waals surface area contributed by atoms with Crippen LogP contribution in [0.1, 0.15) is 66.9 Å². The third-order valence-corrected chi connectivity index (χ3v) is 10.2. The van der Waals surface area contributed by atoms with Gasteiger partial charge >= 0.3 is 0 Å². The van der Waals surface area contributed by atoms with E-state index in [1.54, 1.807) is 67.5 Å². The van der Waals surface area contributed by atoms with Gasteiger partial charge in [-0.15, -0.1) is 0 Å². The van der Waals surface area contributed by atoms with Crippen LogP contribution in [0.4, 0.5) is 17.6 Å². The Morgan fingerprint density at radius 3 is 1.67 bits per heavy atom. The number of fused-ring (bicyclic) bond motifs is 2. The van der Waals surface area contributed by atoms with Gasteiger partial charge in [0.1, 0.15) is 40.5 Å². The number of nitrogens with one attached hydrogen (secondary N) is 3. The maximum atomic E-state index is 13.8. The van der Waals surface area contributed by atoms with Crippen molar-refractivity contribution in [2.45, 2.75) is 60.4 Å². The molecule has 0 atom stereocenters. The first-order chi connectivity index (χ1) is 30.8. The molecule has 7 rings (SSSR count). The molecule has 5 aromatic heterocycles. The molecule has 64 heavy (non-hydrogen) atoms. The van der Waals surface area contributed by atoms with Gasteiger partial charge in [0.15, 0.2) is 0 Å². The molecule has 0 aliphatic rings. The number of carbonyl (C=O) groups excluding carboxylic acids is 4. The summed E-state index contributed by atoms with van der Waals surface area (Å²) in [6, 6.07) is 9.49. The monoisotopic (exact) mass is 871 g/mol. The number of nitrogens with two attached hydrogens (primary N) is 2. The third-order valence-electron chi connectivity index (χ3n) is 10.2. The first kappa shape index (κ1) is 43.8. The van der Waals surface area contributed by atoms with Crippen molar-refractivity contribution in [1.29, 1.82) is 0 Å². The second kappa shape index (κ2) is 18.8. The number of carbonyl (C=O) groups is 4. The van der Waals surface area contributed by atoms with Crippen molar-refractivity contribution in [1.82, 2.24) is 48.4 Å². The van der Waals surface area contributed by atoms with E-state index in [0.717, 1.165) is 5.69 Å². The number of hydrogen-bond donors (Lipinski definition) is 5. The molecule has 332 valence electrons. The number of aromatic nitrogens is 10. The molecular formula is C43H49N15O6. The Labute approximate surface area is 366 Å². The van der Waals surface area contributed by atoms with Gasteiger partial charge in [-0.05, 0) is 70.2 Å². The highest BCUT2D eigenvalue weighted by Gasteiger charge is 2.23. The van der Waals surface area contributed by atoms with Crippen LogP contribution in [0.15, 0.2) is 73.1 Å². The summed E-state index contributed by atoms with van der Waals surface area (Å²) >= 11 is 0.